The lowest BCUT2D eigenvalue weighted by Gasteiger charge is -2.36. The highest BCUT2D eigenvalue weighted by Gasteiger charge is 2.23. The maximum Gasteiger partial charge on any atom is 0.261 e. The molecule has 1 aromatic carbocycles. The number of benzene rings is 1. The fraction of sp³-hybridized carbons (Fsp3) is 0.280. The van der Waals surface area contributed by atoms with E-state index >= 15 is 0 Å². The monoisotopic (exact) mass is 523 g/mol. The summed E-state index contributed by atoms with van der Waals surface area (Å²) >= 11 is 7.20. The number of rotatable bonds is 7. The fourth-order valence-electron chi connectivity index (χ4n) is 4.36. The van der Waals surface area contributed by atoms with E-state index in [0.717, 1.165) is 49.7 Å². The number of hydrogen-bond acceptors (Lipinski definition) is 7. The van der Waals surface area contributed by atoms with Crippen molar-refractivity contribution in [2.45, 2.75) is 13.5 Å². The van der Waals surface area contributed by atoms with Crippen molar-refractivity contribution in [2.24, 2.45) is 0 Å². The molecular weight excluding hydrogens is 498 g/mol. The van der Waals surface area contributed by atoms with Gasteiger partial charge in [-0.15, -0.1) is 11.3 Å². The Hall–Kier alpha value is -3.47. The van der Waals surface area contributed by atoms with Crippen molar-refractivity contribution in [3.05, 3.63) is 80.0 Å². The van der Waals surface area contributed by atoms with Crippen LogP contribution in [-0.2, 0) is 6.54 Å². The van der Waals surface area contributed by atoms with Gasteiger partial charge in [-0.1, -0.05) is 24.6 Å². The second-order valence-corrected chi connectivity index (χ2v) is 10.2. The molecule has 0 atom stereocenters. The topological polar surface area (TPSA) is 99.2 Å². The fourth-order valence-corrected chi connectivity index (χ4v) is 5.32. The molecule has 0 saturated carbocycles. The van der Waals surface area contributed by atoms with Gasteiger partial charge in [0.1, 0.15) is 11.4 Å². The number of amides is 1. The third-order valence-electron chi connectivity index (χ3n) is 6.33. The summed E-state index contributed by atoms with van der Waals surface area (Å²) in [5, 5.41) is 14.4. The largest absolute Gasteiger partial charge is 0.368 e. The van der Waals surface area contributed by atoms with Crippen LogP contribution in [0.5, 0.6) is 0 Å². The Morgan fingerprint density at radius 1 is 1.11 bits per heavy atom. The van der Waals surface area contributed by atoms with E-state index in [-0.39, 0.29) is 18.0 Å². The van der Waals surface area contributed by atoms with Crippen molar-refractivity contribution in [2.75, 3.05) is 37.6 Å². The van der Waals surface area contributed by atoms with Crippen LogP contribution in [0.2, 0.25) is 4.34 Å². The Bertz CT molecular complexity index is 1420. The Labute approximate surface area is 217 Å². The Kier molecular flexibility index (Phi) is 7.17. The van der Waals surface area contributed by atoms with Crippen molar-refractivity contribution in [3.63, 3.8) is 0 Å². The molecule has 1 aliphatic heterocycles. The van der Waals surface area contributed by atoms with E-state index in [0.29, 0.717) is 20.6 Å². The zero-order valence-corrected chi connectivity index (χ0v) is 21.3. The van der Waals surface area contributed by atoms with Gasteiger partial charge in [-0.3, -0.25) is 14.2 Å². The smallest absolute Gasteiger partial charge is 0.261 e. The highest BCUT2D eigenvalue weighted by atomic mass is 35.5. The quantitative estimate of drug-likeness (QED) is 0.385. The number of aromatic amines is 1. The predicted octanol–water partition coefficient (Wildman–Crippen LogP) is 3.41. The van der Waals surface area contributed by atoms with Crippen molar-refractivity contribution >= 4 is 34.5 Å². The van der Waals surface area contributed by atoms with Crippen LogP contribution >= 0.6 is 22.9 Å². The Morgan fingerprint density at radius 3 is 2.67 bits per heavy atom. The number of carbonyl (C=O) groups excluding carboxylic acids is 1. The average Bonchev–Trinajstić information content (AvgIpc) is 3.56. The van der Waals surface area contributed by atoms with Crippen LogP contribution in [0.15, 0.2) is 59.5 Å². The molecule has 1 fully saturated rings. The maximum absolute atomic E-state index is 12.5. The molecule has 0 unspecified atom stereocenters. The lowest BCUT2D eigenvalue weighted by molar-refractivity contribution is 0.0954. The minimum atomic E-state index is -0.212. The van der Waals surface area contributed by atoms with Crippen LogP contribution in [0.4, 0.5) is 5.69 Å². The van der Waals surface area contributed by atoms with Gasteiger partial charge in [-0.2, -0.15) is 15.4 Å². The first-order chi connectivity index (χ1) is 17.5. The molecule has 4 heterocycles. The maximum atomic E-state index is 12.5. The molecule has 0 aliphatic carbocycles. The number of aromatic nitrogens is 4. The van der Waals surface area contributed by atoms with E-state index in [9.17, 15) is 9.59 Å². The van der Waals surface area contributed by atoms with Gasteiger partial charge in [0.05, 0.1) is 21.4 Å². The van der Waals surface area contributed by atoms with Crippen molar-refractivity contribution in [1.82, 2.24) is 30.2 Å². The van der Waals surface area contributed by atoms with Crippen LogP contribution in [0.3, 0.4) is 0 Å². The minimum Gasteiger partial charge on any atom is -0.368 e. The SMILES string of the molecule is CCN1CCN(c2cc(-n3ccccc3=O)ccc2-c2n[nH]nc2CNC(=O)c2ccc(Cl)s2)CC1. The third-order valence-corrected chi connectivity index (χ3v) is 7.56. The van der Waals surface area contributed by atoms with Crippen molar-refractivity contribution < 1.29 is 4.79 Å². The molecule has 0 spiro atoms. The summed E-state index contributed by atoms with van der Waals surface area (Å²) in [6.45, 7) is 7.02. The number of nitrogens with zero attached hydrogens (tertiary/aromatic N) is 5. The van der Waals surface area contributed by atoms with E-state index in [4.69, 9.17) is 11.6 Å². The lowest BCUT2D eigenvalue weighted by Crippen LogP contribution is -2.46. The molecule has 5 rings (SSSR count). The van der Waals surface area contributed by atoms with Gasteiger partial charge in [-0.25, -0.2) is 0 Å². The van der Waals surface area contributed by atoms with Crippen LogP contribution < -0.4 is 15.8 Å². The number of pyridine rings is 1. The number of anilines is 1. The van der Waals surface area contributed by atoms with Crippen molar-refractivity contribution in [3.8, 4) is 16.9 Å². The lowest BCUT2D eigenvalue weighted by atomic mass is 10.0. The summed E-state index contributed by atoms with van der Waals surface area (Å²) < 4.78 is 2.19. The first kappa shape index (κ1) is 24.2. The highest BCUT2D eigenvalue weighted by Crippen LogP contribution is 2.34. The van der Waals surface area contributed by atoms with E-state index in [1.54, 1.807) is 35.0 Å². The standard InChI is InChI=1S/C25H26ClN7O2S/c1-2-31-11-13-32(14-12-31)20-15-17(33-10-4-3-5-23(33)34)6-7-18(20)24-19(28-30-29-24)16-27-25(35)21-8-9-22(26)36-21/h3-10,15H,2,11-14,16H2,1H3,(H,27,35)(H,28,29,30). The molecule has 186 valence electrons. The molecule has 11 heteroatoms. The minimum absolute atomic E-state index is 0.0921. The van der Waals surface area contributed by atoms with E-state index < -0.39 is 0 Å². The first-order valence-corrected chi connectivity index (χ1v) is 13.0. The number of hydrogen-bond donors (Lipinski definition) is 2. The molecule has 0 bridgehead atoms. The number of carbonyl (C=O) groups is 1. The number of nitrogens with one attached hydrogen (secondary N) is 2. The molecule has 1 amide bonds. The van der Waals surface area contributed by atoms with Crippen molar-refractivity contribution in [1.29, 1.82) is 0 Å². The van der Waals surface area contributed by atoms with Crippen LogP contribution in [0.25, 0.3) is 16.9 Å². The van der Waals surface area contributed by atoms with Gasteiger partial charge >= 0.3 is 0 Å². The highest BCUT2D eigenvalue weighted by molar-refractivity contribution is 7.18. The van der Waals surface area contributed by atoms with Gasteiger partial charge < -0.3 is 15.1 Å². The number of H-pyrrole nitrogens is 1. The number of thiophene rings is 1. The third kappa shape index (κ3) is 5.06. The van der Waals surface area contributed by atoms with Gasteiger partial charge in [0.15, 0.2) is 0 Å². The number of piperazine rings is 1. The molecule has 4 aromatic rings. The molecule has 9 nitrogen and oxygen atoms in total. The summed E-state index contributed by atoms with van der Waals surface area (Å²) in [7, 11) is 0. The van der Waals surface area contributed by atoms with Gasteiger partial charge in [0.2, 0.25) is 0 Å². The molecule has 2 N–H and O–H groups in total. The summed E-state index contributed by atoms with van der Waals surface area (Å²) in [5.74, 6) is -0.212. The molecule has 36 heavy (non-hydrogen) atoms. The van der Waals surface area contributed by atoms with Crippen LogP contribution in [-0.4, -0.2) is 63.5 Å². The molecule has 3 aromatic heterocycles. The summed E-state index contributed by atoms with van der Waals surface area (Å²) in [5.41, 5.74) is 3.86. The summed E-state index contributed by atoms with van der Waals surface area (Å²) in [6.07, 6.45) is 1.77. The van der Waals surface area contributed by atoms with E-state index in [1.807, 2.05) is 24.3 Å². The van der Waals surface area contributed by atoms with Gasteiger partial charge in [0, 0.05) is 49.7 Å². The van der Waals surface area contributed by atoms with Crippen LogP contribution in [0.1, 0.15) is 22.3 Å². The Morgan fingerprint density at radius 2 is 1.94 bits per heavy atom. The summed E-state index contributed by atoms with van der Waals surface area (Å²) in [4.78, 5) is 30.3. The van der Waals surface area contributed by atoms with Gasteiger partial charge in [0.25, 0.3) is 11.5 Å². The normalized spacial score (nSPS) is 14.2. The second kappa shape index (κ2) is 10.7. The Balaban J connectivity index is 1.48. The van der Waals surface area contributed by atoms with Gasteiger partial charge in [-0.05, 0) is 42.9 Å². The molecule has 1 saturated heterocycles. The zero-order chi connectivity index (χ0) is 25.1. The second-order valence-electron chi connectivity index (χ2n) is 8.44. The average molecular weight is 524 g/mol. The molecule has 1 aliphatic rings. The van der Waals surface area contributed by atoms with Crippen LogP contribution in [0, 0.1) is 0 Å². The molecular formula is C25H26ClN7O2S. The zero-order valence-electron chi connectivity index (χ0n) is 19.8. The van der Waals surface area contributed by atoms with E-state index in [2.05, 4.69) is 37.5 Å². The molecule has 0 radical (unpaired) electrons. The first-order valence-electron chi connectivity index (χ1n) is 11.8. The number of likely N-dealkylation sites (N-methyl/N-ethyl adjacent to an activating group) is 1. The summed E-state index contributed by atoms with van der Waals surface area (Å²) in [6, 6.07) is 14.4. The predicted molar refractivity (Wildman–Crippen MR) is 142 cm³/mol. The van der Waals surface area contributed by atoms with E-state index in [1.165, 1.54) is 11.3 Å². The number of halogens is 1.